The average Bonchev–Trinajstić information content (AvgIpc) is 2.63. The van der Waals surface area contributed by atoms with E-state index in [1.807, 2.05) is 0 Å². The van der Waals surface area contributed by atoms with Crippen LogP contribution < -0.4 is 11.1 Å². The lowest BCUT2D eigenvalue weighted by Crippen LogP contribution is -2.27. The Morgan fingerprint density at radius 1 is 1.19 bits per heavy atom. The molecule has 3 N–H and O–H groups in total. The first-order chi connectivity index (χ1) is 12.9. The lowest BCUT2D eigenvalue weighted by Gasteiger charge is -2.27. The number of ether oxygens (including phenoxy) is 1. The van der Waals surface area contributed by atoms with Gasteiger partial charge >= 0.3 is 0 Å². The Labute approximate surface area is 166 Å². The highest BCUT2D eigenvalue weighted by atomic mass is 35.5. The van der Waals surface area contributed by atoms with Gasteiger partial charge in [0.15, 0.2) is 0 Å². The molecule has 1 amide bonds. The molecule has 0 fully saturated rings. The van der Waals surface area contributed by atoms with E-state index >= 15 is 0 Å². The molecule has 0 aromatic heterocycles. The monoisotopic (exact) mass is 399 g/mol. The van der Waals surface area contributed by atoms with E-state index in [0.717, 1.165) is 0 Å². The number of anilines is 1. The summed E-state index contributed by atoms with van der Waals surface area (Å²) >= 11 is 12.0. The van der Waals surface area contributed by atoms with Gasteiger partial charge in [-0.15, -0.1) is 0 Å². The minimum Gasteiger partial charge on any atom is -0.445 e. The van der Waals surface area contributed by atoms with E-state index in [2.05, 4.69) is 11.4 Å². The number of carbonyl (C=O) groups excluding carboxylic acids is 1. The molecule has 2 aromatic rings. The maximum absolute atomic E-state index is 13.0. The number of hydrogen-bond donors (Lipinski definition) is 2. The summed E-state index contributed by atoms with van der Waals surface area (Å²) in [6.45, 7) is 1.63. The van der Waals surface area contributed by atoms with E-state index in [1.54, 1.807) is 55.5 Å². The van der Waals surface area contributed by atoms with Gasteiger partial charge in [0.05, 0.1) is 11.5 Å². The van der Waals surface area contributed by atoms with E-state index < -0.39 is 11.8 Å². The molecule has 7 heteroatoms. The largest absolute Gasteiger partial charge is 0.445 e. The van der Waals surface area contributed by atoms with Gasteiger partial charge in [-0.25, -0.2) is 0 Å². The van der Waals surface area contributed by atoms with Crippen molar-refractivity contribution in [2.24, 2.45) is 5.73 Å². The summed E-state index contributed by atoms with van der Waals surface area (Å²) in [7, 11) is 0. The van der Waals surface area contributed by atoms with E-state index in [9.17, 15) is 10.1 Å². The van der Waals surface area contributed by atoms with Crippen molar-refractivity contribution in [2.45, 2.75) is 12.8 Å². The van der Waals surface area contributed by atoms with Crippen molar-refractivity contribution in [3.63, 3.8) is 0 Å². The Morgan fingerprint density at radius 3 is 2.52 bits per heavy atom. The molecule has 1 aliphatic heterocycles. The normalized spacial score (nSPS) is 16.6. The Morgan fingerprint density at radius 2 is 1.89 bits per heavy atom. The number of allylic oxidation sites excluding steroid dienone is 2. The lowest BCUT2D eigenvalue weighted by molar-refractivity contribution is -0.113. The van der Waals surface area contributed by atoms with Crippen molar-refractivity contribution in [1.82, 2.24) is 0 Å². The molecule has 1 atom stereocenters. The topological polar surface area (TPSA) is 88.1 Å². The highest BCUT2D eigenvalue weighted by Gasteiger charge is 2.35. The maximum Gasteiger partial charge on any atom is 0.255 e. The summed E-state index contributed by atoms with van der Waals surface area (Å²) in [5.41, 5.74) is 7.58. The van der Waals surface area contributed by atoms with Gasteiger partial charge in [-0.3, -0.25) is 4.79 Å². The summed E-state index contributed by atoms with van der Waals surface area (Å²) in [6.07, 6.45) is 0. The molecule has 1 heterocycles. The third kappa shape index (κ3) is 3.92. The van der Waals surface area contributed by atoms with Gasteiger partial charge in [0.25, 0.3) is 5.91 Å². The van der Waals surface area contributed by atoms with E-state index in [-0.39, 0.29) is 17.0 Å². The third-order valence-corrected chi connectivity index (χ3v) is 4.62. The zero-order chi connectivity index (χ0) is 19.6. The van der Waals surface area contributed by atoms with Gasteiger partial charge in [-0.05, 0) is 48.9 Å². The number of carbonyl (C=O) groups is 1. The van der Waals surface area contributed by atoms with Crippen molar-refractivity contribution < 1.29 is 9.53 Å². The van der Waals surface area contributed by atoms with Crippen molar-refractivity contribution in [2.75, 3.05) is 5.32 Å². The van der Waals surface area contributed by atoms with Gasteiger partial charge in [0.1, 0.15) is 17.4 Å². The maximum atomic E-state index is 13.0. The second-order valence-electron chi connectivity index (χ2n) is 5.91. The number of benzene rings is 2. The fourth-order valence-corrected chi connectivity index (χ4v) is 3.25. The van der Waals surface area contributed by atoms with Gasteiger partial charge in [-0.1, -0.05) is 35.3 Å². The van der Waals surface area contributed by atoms with Crippen LogP contribution >= 0.6 is 23.2 Å². The van der Waals surface area contributed by atoms with E-state index in [4.69, 9.17) is 33.7 Å². The molecule has 0 aliphatic carbocycles. The molecule has 136 valence electrons. The number of hydrogen-bond acceptors (Lipinski definition) is 4. The van der Waals surface area contributed by atoms with Gasteiger partial charge in [-0.2, -0.15) is 5.26 Å². The number of halogens is 2. The molecule has 0 saturated carbocycles. The molecule has 5 nitrogen and oxygen atoms in total. The quantitative estimate of drug-likeness (QED) is 0.781. The van der Waals surface area contributed by atoms with Crippen LogP contribution in [0.3, 0.4) is 0 Å². The standard InChI is InChI=1S/C20H15Cl2N3O2/c1-11-17(20(26)25-15-7-5-13(21)6-8-15)18(16(10-23)19(24)27-11)12-3-2-4-14(22)9-12/h2-9,18H,24H2,1H3,(H,25,26). The highest BCUT2D eigenvalue weighted by molar-refractivity contribution is 6.31. The lowest BCUT2D eigenvalue weighted by atomic mass is 9.82. The van der Waals surface area contributed by atoms with Crippen LogP contribution in [0, 0.1) is 11.3 Å². The first-order valence-corrected chi connectivity index (χ1v) is 8.77. The van der Waals surface area contributed by atoms with E-state index in [0.29, 0.717) is 27.1 Å². The SMILES string of the molecule is CC1=C(C(=O)Nc2ccc(Cl)cc2)C(c2cccc(Cl)c2)C(C#N)=C(N)O1. The molecule has 1 aliphatic rings. The summed E-state index contributed by atoms with van der Waals surface area (Å²) in [5, 5.41) is 13.5. The van der Waals surface area contributed by atoms with Crippen LogP contribution in [0.2, 0.25) is 10.0 Å². The second kappa shape index (κ2) is 7.75. The third-order valence-electron chi connectivity index (χ3n) is 4.13. The van der Waals surface area contributed by atoms with Crippen LogP contribution in [-0.4, -0.2) is 5.91 Å². The van der Waals surface area contributed by atoms with Crippen LogP contribution in [0.5, 0.6) is 0 Å². The average molecular weight is 400 g/mol. The Hall–Kier alpha value is -2.94. The molecule has 3 rings (SSSR count). The molecule has 0 bridgehead atoms. The van der Waals surface area contributed by atoms with Crippen molar-refractivity contribution in [1.29, 1.82) is 5.26 Å². The molecule has 0 saturated heterocycles. The fraction of sp³-hybridized carbons (Fsp3) is 0.100. The van der Waals surface area contributed by atoms with E-state index in [1.165, 1.54) is 0 Å². The number of nitrogens with two attached hydrogens (primary N) is 1. The van der Waals surface area contributed by atoms with Gasteiger partial charge < -0.3 is 15.8 Å². The number of nitrogens with zero attached hydrogens (tertiary/aromatic N) is 1. The number of nitriles is 1. The zero-order valence-corrected chi connectivity index (χ0v) is 15.8. The van der Waals surface area contributed by atoms with Gasteiger partial charge in [0.2, 0.25) is 5.88 Å². The van der Waals surface area contributed by atoms with Crippen LogP contribution in [0.25, 0.3) is 0 Å². The van der Waals surface area contributed by atoms with Gasteiger partial charge in [0, 0.05) is 15.7 Å². The molecular formula is C20H15Cl2N3O2. The summed E-state index contributed by atoms with van der Waals surface area (Å²) < 4.78 is 5.46. The molecule has 2 aromatic carbocycles. The first-order valence-electron chi connectivity index (χ1n) is 8.01. The number of rotatable bonds is 3. The number of nitrogens with one attached hydrogen (secondary N) is 1. The predicted molar refractivity (Wildman–Crippen MR) is 105 cm³/mol. The van der Waals surface area contributed by atoms with Crippen LogP contribution in [0.1, 0.15) is 18.4 Å². The zero-order valence-electron chi connectivity index (χ0n) is 14.3. The van der Waals surface area contributed by atoms with Crippen LogP contribution in [-0.2, 0) is 9.53 Å². The van der Waals surface area contributed by atoms with Crippen molar-refractivity contribution in [3.8, 4) is 6.07 Å². The molecule has 0 radical (unpaired) electrons. The summed E-state index contributed by atoms with van der Waals surface area (Å²) in [6, 6.07) is 15.7. The minimum absolute atomic E-state index is 0.0250. The summed E-state index contributed by atoms with van der Waals surface area (Å²) in [4.78, 5) is 13.0. The smallest absolute Gasteiger partial charge is 0.255 e. The minimum atomic E-state index is -0.685. The molecule has 0 spiro atoms. The van der Waals surface area contributed by atoms with Crippen molar-refractivity contribution >= 4 is 34.8 Å². The highest BCUT2D eigenvalue weighted by Crippen LogP contribution is 2.40. The van der Waals surface area contributed by atoms with Crippen LogP contribution in [0.4, 0.5) is 5.69 Å². The Kier molecular flexibility index (Phi) is 5.41. The Bertz CT molecular complexity index is 1000. The van der Waals surface area contributed by atoms with Crippen LogP contribution in [0.15, 0.2) is 71.3 Å². The predicted octanol–water partition coefficient (Wildman–Crippen LogP) is 4.71. The first kappa shape index (κ1) is 18.8. The van der Waals surface area contributed by atoms with Crippen molar-refractivity contribution in [3.05, 3.63) is 86.9 Å². The molecule has 27 heavy (non-hydrogen) atoms. The molecule has 1 unspecified atom stereocenters. The Balaban J connectivity index is 2.04. The second-order valence-corrected chi connectivity index (χ2v) is 6.78. The molecular weight excluding hydrogens is 385 g/mol. The summed E-state index contributed by atoms with van der Waals surface area (Å²) in [5.74, 6) is -0.791. The number of amides is 1. The fourth-order valence-electron chi connectivity index (χ4n) is 2.93.